The van der Waals surface area contributed by atoms with Gasteiger partial charge in [-0.15, -0.1) is 6.58 Å². The second-order valence-electron chi connectivity index (χ2n) is 2.98. The fourth-order valence-corrected chi connectivity index (χ4v) is 1.31. The summed E-state index contributed by atoms with van der Waals surface area (Å²) in [7, 11) is 0. The lowest BCUT2D eigenvalue weighted by atomic mass is 10.1. The Balaban J connectivity index is 2.53. The van der Waals surface area contributed by atoms with Crippen molar-refractivity contribution in [3.05, 3.63) is 48.7 Å². The molecule has 13 heavy (non-hydrogen) atoms. The SMILES string of the molecule is C=C[C@H](N)c1ccc2ccoc2c1. The molecule has 1 atom stereocenters. The maximum atomic E-state index is 5.79. The first kappa shape index (κ1) is 8.08. The normalized spacial score (nSPS) is 13.0. The van der Waals surface area contributed by atoms with Crippen molar-refractivity contribution < 1.29 is 4.42 Å². The minimum atomic E-state index is -0.116. The topological polar surface area (TPSA) is 39.2 Å². The zero-order valence-electron chi connectivity index (χ0n) is 7.23. The zero-order valence-corrected chi connectivity index (χ0v) is 7.23. The maximum Gasteiger partial charge on any atom is 0.134 e. The largest absolute Gasteiger partial charge is 0.464 e. The van der Waals surface area contributed by atoms with Crippen LogP contribution in [0.5, 0.6) is 0 Å². The molecular weight excluding hydrogens is 162 g/mol. The number of benzene rings is 1. The molecule has 0 unspecified atom stereocenters. The van der Waals surface area contributed by atoms with E-state index < -0.39 is 0 Å². The van der Waals surface area contributed by atoms with Crippen molar-refractivity contribution in [2.45, 2.75) is 6.04 Å². The van der Waals surface area contributed by atoms with Gasteiger partial charge < -0.3 is 10.2 Å². The molecule has 1 aromatic heterocycles. The molecule has 2 nitrogen and oxygen atoms in total. The van der Waals surface area contributed by atoms with E-state index in [1.165, 1.54) is 0 Å². The number of nitrogens with two attached hydrogens (primary N) is 1. The van der Waals surface area contributed by atoms with Crippen LogP contribution in [0.1, 0.15) is 11.6 Å². The molecule has 0 aliphatic heterocycles. The summed E-state index contributed by atoms with van der Waals surface area (Å²) in [6, 6.07) is 7.75. The second-order valence-corrected chi connectivity index (χ2v) is 2.98. The number of hydrogen-bond acceptors (Lipinski definition) is 2. The molecule has 1 heterocycles. The van der Waals surface area contributed by atoms with E-state index >= 15 is 0 Å². The molecular formula is C11H11NO. The average molecular weight is 173 g/mol. The summed E-state index contributed by atoms with van der Waals surface area (Å²) in [5.74, 6) is 0. The summed E-state index contributed by atoms with van der Waals surface area (Å²) in [4.78, 5) is 0. The first-order valence-corrected chi connectivity index (χ1v) is 4.16. The Morgan fingerprint density at radius 3 is 3.00 bits per heavy atom. The molecule has 0 aliphatic carbocycles. The van der Waals surface area contributed by atoms with Crippen molar-refractivity contribution in [2.75, 3.05) is 0 Å². The quantitative estimate of drug-likeness (QED) is 0.709. The van der Waals surface area contributed by atoms with E-state index in [1.54, 1.807) is 12.3 Å². The molecule has 2 heteroatoms. The maximum absolute atomic E-state index is 5.79. The van der Waals surface area contributed by atoms with Gasteiger partial charge in [-0.1, -0.05) is 18.2 Å². The van der Waals surface area contributed by atoms with Gasteiger partial charge >= 0.3 is 0 Å². The highest BCUT2D eigenvalue weighted by molar-refractivity contribution is 5.77. The first-order valence-electron chi connectivity index (χ1n) is 4.16. The van der Waals surface area contributed by atoms with E-state index in [0.29, 0.717) is 0 Å². The second kappa shape index (κ2) is 3.07. The Labute approximate surface area is 76.7 Å². The van der Waals surface area contributed by atoms with Crippen LogP contribution < -0.4 is 5.73 Å². The number of hydrogen-bond donors (Lipinski definition) is 1. The third-order valence-corrected chi connectivity index (χ3v) is 2.12. The van der Waals surface area contributed by atoms with Crippen LogP contribution in [0.15, 0.2) is 47.6 Å². The first-order chi connectivity index (χ1) is 6.31. The van der Waals surface area contributed by atoms with Crippen LogP contribution in [0.25, 0.3) is 11.0 Å². The summed E-state index contributed by atoms with van der Waals surface area (Å²) in [5, 5.41) is 1.10. The summed E-state index contributed by atoms with van der Waals surface area (Å²) in [6.45, 7) is 3.65. The zero-order chi connectivity index (χ0) is 9.26. The molecule has 2 aromatic rings. The molecule has 0 radical (unpaired) electrons. The van der Waals surface area contributed by atoms with E-state index in [9.17, 15) is 0 Å². The lowest BCUT2D eigenvalue weighted by Crippen LogP contribution is -2.05. The van der Waals surface area contributed by atoms with Gasteiger partial charge in [-0.05, 0) is 17.7 Å². The van der Waals surface area contributed by atoms with Crippen LogP contribution in [0, 0.1) is 0 Å². The van der Waals surface area contributed by atoms with Gasteiger partial charge in [-0.25, -0.2) is 0 Å². The van der Waals surface area contributed by atoms with E-state index in [2.05, 4.69) is 6.58 Å². The van der Waals surface area contributed by atoms with Crippen molar-refractivity contribution in [1.29, 1.82) is 0 Å². The lowest BCUT2D eigenvalue weighted by molar-refractivity contribution is 0.615. The molecule has 0 bridgehead atoms. The van der Waals surface area contributed by atoms with Crippen molar-refractivity contribution in [3.8, 4) is 0 Å². The molecule has 66 valence electrons. The fourth-order valence-electron chi connectivity index (χ4n) is 1.31. The Morgan fingerprint density at radius 1 is 1.38 bits per heavy atom. The third-order valence-electron chi connectivity index (χ3n) is 2.12. The molecule has 1 aromatic carbocycles. The molecule has 0 fully saturated rings. The predicted octanol–water partition coefficient (Wildman–Crippen LogP) is 2.62. The molecule has 2 N–H and O–H groups in total. The Hall–Kier alpha value is -1.54. The van der Waals surface area contributed by atoms with Crippen molar-refractivity contribution in [2.24, 2.45) is 5.73 Å². The van der Waals surface area contributed by atoms with Crippen LogP contribution in [-0.2, 0) is 0 Å². The van der Waals surface area contributed by atoms with Crippen molar-refractivity contribution >= 4 is 11.0 Å². The van der Waals surface area contributed by atoms with Crippen molar-refractivity contribution in [3.63, 3.8) is 0 Å². The molecule has 0 saturated heterocycles. The van der Waals surface area contributed by atoms with Gasteiger partial charge in [0.1, 0.15) is 5.58 Å². The van der Waals surface area contributed by atoms with E-state index in [0.717, 1.165) is 16.5 Å². The van der Waals surface area contributed by atoms with Gasteiger partial charge in [0.05, 0.1) is 6.26 Å². The van der Waals surface area contributed by atoms with Gasteiger partial charge in [0.25, 0.3) is 0 Å². The lowest BCUT2D eigenvalue weighted by Gasteiger charge is -2.05. The van der Waals surface area contributed by atoms with E-state index in [4.69, 9.17) is 10.2 Å². The van der Waals surface area contributed by atoms with E-state index in [-0.39, 0.29) is 6.04 Å². The third kappa shape index (κ3) is 1.36. The highest BCUT2D eigenvalue weighted by Gasteiger charge is 2.03. The van der Waals surface area contributed by atoms with Crippen LogP contribution in [0.2, 0.25) is 0 Å². The Bertz CT molecular complexity index is 430. The fraction of sp³-hybridized carbons (Fsp3) is 0.0909. The molecule has 2 rings (SSSR count). The smallest absolute Gasteiger partial charge is 0.134 e. The number of fused-ring (bicyclic) bond motifs is 1. The predicted molar refractivity (Wildman–Crippen MR) is 53.3 cm³/mol. The highest BCUT2D eigenvalue weighted by Crippen LogP contribution is 2.20. The molecule has 0 amide bonds. The average Bonchev–Trinajstić information content (AvgIpc) is 2.63. The van der Waals surface area contributed by atoms with Crippen LogP contribution >= 0.6 is 0 Å². The summed E-state index contributed by atoms with van der Waals surface area (Å²) in [6.07, 6.45) is 3.39. The summed E-state index contributed by atoms with van der Waals surface area (Å²) in [5.41, 5.74) is 7.69. The monoisotopic (exact) mass is 173 g/mol. The van der Waals surface area contributed by atoms with Crippen molar-refractivity contribution in [1.82, 2.24) is 0 Å². The highest BCUT2D eigenvalue weighted by atomic mass is 16.3. The minimum absolute atomic E-state index is 0.116. The van der Waals surface area contributed by atoms with Crippen LogP contribution in [0.4, 0.5) is 0 Å². The van der Waals surface area contributed by atoms with Gasteiger partial charge in [-0.2, -0.15) is 0 Å². The standard InChI is InChI=1S/C11H11NO/c1-2-10(12)9-4-3-8-5-6-13-11(8)7-9/h2-7,10H,1,12H2/t10-/m0/s1. The Kier molecular flexibility index (Phi) is 1.91. The molecule has 0 spiro atoms. The number of furan rings is 1. The van der Waals surface area contributed by atoms with Crippen LogP contribution in [-0.4, -0.2) is 0 Å². The van der Waals surface area contributed by atoms with Gasteiger partial charge in [0.2, 0.25) is 0 Å². The van der Waals surface area contributed by atoms with E-state index in [1.807, 2.05) is 24.3 Å². The summed E-state index contributed by atoms with van der Waals surface area (Å²) < 4.78 is 5.26. The van der Waals surface area contributed by atoms with Gasteiger partial charge in [-0.3, -0.25) is 0 Å². The van der Waals surface area contributed by atoms with Gasteiger partial charge in [0, 0.05) is 11.4 Å². The summed E-state index contributed by atoms with van der Waals surface area (Å²) >= 11 is 0. The van der Waals surface area contributed by atoms with Crippen LogP contribution in [0.3, 0.4) is 0 Å². The molecule has 0 saturated carbocycles. The Morgan fingerprint density at radius 2 is 2.23 bits per heavy atom. The minimum Gasteiger partial charge on any atom is -0.464 e. The van der Waals surface area contributed by atoms with Gasteiger partial charge in [0.15, 0.2) is 0 Å². The molecule has 0 aliphatic rings. The number of rotatable bonds is 2.